The molecule has 2 aromatic carbocycles. The third kappa shape index (κ3) is 8.04. The van der Waals surface area contributed by atoms with E-state index < -0.39 is 11.0 Å². The summed E-state index contributed by atoms with van der Waals surface area (Å²) in [5, 5.41) is 26.5. The van der Waals surface area contributed by atoms with Gasteiger partial charge in [-0.05, 0) is 49.1 Å². The van der Waals surface area contributed by atoms with E-state index >= 15 is 0 Å². The molecule has 0 radical (unpaired) electrons. The van der Waals surface area contributed by atoms with Gasteiger partial charge in [-0.25, -0.2) is 0 Å². The van der Waals surface area contributed by atoms with E-state index in [1.165, 1.54) is 36.0 Å². The van der Waals surface area contributed by atoms with Crippen molar-refractivity contribution in [3.63, 3.8) is 0 Å². The number of nitro benzene ring substituents is 1. The number of nitrogens with one attached hydrogen (secondary N) is 2. The number of amides is 2. The summed E-state index contributed by atoms with van der Waals surface area (Å²) in [5.41, 5.74) is 1.30. The molecule has 3 rings (SSSR count). The van der Waals surface area contributed by atoms with Gasteiger partial charge in [-0.3, -0.25) is 19.7 Å². The summed E-state index contributed by atoms with van der Waals surface area (Å²) < 4.78 is 1.80. The first-order valence-corrected chi connectivity index (χ1v) is 13.7. The van der Waals surface area contributed by atoms with Gasteiger partial charge in [-0.2, -0.15) is 0 Å². The standard InChI is InChI=1S/C26H28Cl2N6O4S/c1-5-10-33-24(22(11-15(2)3)30-25(36)19-8-6-17(27)13-20(19)28)31-32-26(33)39-14-23(35)29-21-9-7-18(34(37)38)12-16(21)4/h5-9,12-13,15,22H,1,10-11,14H2,2-4H3,(H,29,35)(H,30,36)/t22-/m0/s1. The maximum absolute atomic E-state index is 13.1. The van der Waals surface area contributed by atoms with Crippen LogP contribution in [-0.4, -0.2) is 37.3 Å². The lowest BCUT2D eigenvalue weighted by atomic mass is 10.0. The van der Waals surface area contributed by atoms with E-state index in [-0.39, 0.29) is 39.8 Å². The van der Waals surface area contributed by atoms with Crippen LogP contribution < -0.4 is 10.6 Å². The number of hydrogen-bond donors (Lipinski definition) is 2. The SMILES string of the molecule is C=CCn1c(SCC(=O)Nc2ccc([N+](=O)[O-])cc2C)nnc1[C@H](CC(C)C)NC(=O)c1ccc(Cl)cc1Cl. The van der Waals surface area contributed by atoms with Gasteiger partial charge in [0.15, 0.2) is 11.0 Å². The van der Waals surface area contributed by atoms with Crippen molar-refractivity contribution in [1.82, 2.24) is 20.1 Å². The number of nitrogens with zero attached hydrogens (tertiary/aromatic N) is 4. The number of aromatic nitrogens is 3. The molecule has 1 heterocycles. The van der Waals surface area contributed by atoms with Gasteiger partial charge in [0, 0.05) is 29.4 Å². The topological polar surface area (TPSA) is 132 Å². The van der Waals surface area contributed by atoms with Crippen LogP contribution >= 0.6 is 35.0 Å². The second kappa shape index (κ2) is 13.6. The number of hydrogen-bond acceptors (Lipinski definition) is 7. The summed E-state index contributed by atoms with van der Waals surface area (Å²) in [4.78, 5) is 36.2. The van der Waals surface area contributed by atoms with Gasteiger partial charge in [0.1, 0.15) is 0 Å². The second-order valence-electron chi connectivity index (χ2n) is 9.11. The third-order valence-electron chi connectivity index (χ3n) is 5.58. The highest BCUT2D eigenvalue weighted by atomic mass is 35.5. The van der Waals surface area contributed by atoms with Gasteiger partial charge in [0.2, 0.25) is 5.91 Å². The Morgan fingerprint density at radius 2 is 1.95 bits per heavy atom. The van der Waals surface area contributed by atoms with E-state index in [1.54, 1.807) is 29.7 Å². The fourth-order valence-corrected chi connectivity index (χ4v) is 5.04. The van der Waals surface area contributed by atoms with E-state index in [2.05, 4.69) is 27.4 Å². The molecule has 206 valence electrons. The molecule has 13 heteroatoms. The average molecular weight is 592 g/mol. The van der Waals surface area contributed by atoms with Gasteiger partial charge in [0.05, 0.1) is 27.3 Å². The number of allylic oxidation sites excluding steroid dienone is 1. The Kier molecular flexibility index (Phi) is 10.5. The van der Waals surface area contributed by atoms with E-state index in [1.807, 2.05) is 13.8 Å². The number of carbonyl (C=O) groups excluding carboxylic acids is 2. The predicted octanol–water partition coefficient (Wildman–Crippen LogP) is 6.24. The molecule has 0 saturated heterocycles. The predicted molar refractivity (Wildman–Crippen MR) is 154 cm³/mol. The number of halogens is 2. The zero-order chi connectivity index (χ0) is 28.7. The summed E-state index contributed by atoms with van der Waals surface area (Å²) in [6.07, 6.45) is 2.26. The maximum atomic E-state index is 13.1. The van der Waals surface area contributed by atoms with Crippen molar-refractivity contribution in [2.45, 2.75) is 44.9 Å². The Labute approximate surface area is 240 Å². The number of non-ortho nitro benzene ring substituents is 1. The van der Waals surface area contributed by atoms with Gasteiger partial charge >= 0.3 is 0 Å². The van der Waals surface area contributed by atoms with Gasteiger partial charge in [-0.15, -0.1) is 16.8 Å². The van der Waals surface area contributed by atoms with Crippen LogP contribution in [0.15, 0.2) is 54.2 Å². The molecule has 0 fully saturated rings. The largest absolute Gasteiger partial charge is 0.342 e. The molecule has 0 aliphatic rings. The van der Waals surface area contributed by atoms with Crippen molar-refractivity contribution in [3.05, 3.63) is 86.2 Å². The lowest BCUT2D eigenvalue weighted by Gasteiger charge is -2.21. The van der Waals surface area contributed by atoms with Gasteiger partial charge in [0.25, 0.3) is 11.6 Å². The highest BCUT2D eigenvalue weighted by Crippen LogP contribution is 2.28. The van der Waals surface area contributed by atoms with Crippen molar-refractivity contribution < 1.29 is 14.5 Å². The highest BCUT2D eigenvalue weighted by molar-refractivity contribution is 7.99. The summed E-state index contributed by atoms with van der Waals surface area (Å²) in [6.45, 7) is 9.92. The van der Waals surface area contributed by atoms with Crippen LogP contribution in [0.1, 0.15) is 48.1 Å². The molecule has 1 atom stereocenters. The van der Waals surface area contributed by atoms with E-state index in [0.29, 0.717) is 40.2 Å². The van der Waals surface area contributed by atoms with Crippen molar-refractivity contribution in [2.75, 3.05) is 11.1 Å². The number of rotatable bonds is 12. The Morgan fingerprint density at radius 3 is 2.56 bits per heavy atom. The Hall–Kier alpha value is -3.41. The molecule has 39 heavy (non-hydrogen) atoms. The van der Waals surface area contributed by atoms with E-state index in [4.69, 9.17) is 23.2 Å². The van der Waals surface area contributed by atoms with Crippen molar-refractivity contribution in [1.29, 1.82) is 0 Å². The zero-order valence-corrected chi connectivity index (χ0v) is 23.9. The number of benzene rings is 2. The molecule has 0 unspecified atom stereocenters. The van der Waals surface area contributed by atoms with Gasteiger partial charge in [-0.1, -0.05) is 54.9 Å². The summed E-state index contributed by atoms with van der Waals surface area (Å²) in [5.74, 6) is 0.0826. The molecule has 2 amide bonds. The van der Waals surface area contributed by atoms with E-state index in [9.17, 15) is 19.7 Å². The Bertz CT molecular complexity index is 1390. The number of carbonyl (C=O) groups is 2. The normalized spacial score (nSPS) is 11.7. The van der Waals surface area contributed by atoms with Crippen LogP contribution in [0.25, 0.3) is 0 Å². The maximum Gasteiger partial charge on any atom is 0.269 e. The quantitative estimate of drug-likeness (QED) is 0.110. The van der Waals surface area contributed by atoms with Crippen LogP contribution in [-0.2, 0) is 11.3 Å². The third-order valence-corrected chi connectivity index (χ3v) is 7.10. The Balaban J connectivity index is 1.78. The number of thioether (sulfide) groups is 1. The zero-order valence-electron chi connectivity index (χ0n) is 21.6. The number of anilines is 1. The lowest BCUT2D eigenvalue weighted by Crippen LogP contribution is -2.32. The molecule has 10 nitrogen and oxygen atoms in total. The monoisotopic (exact) mass is 590 g/mol. The van der Waals surface area contributed by atoms with Crippen molar-refractivity contribution >= 4 is 58.2 Å². The minimum atomic E-state index is -0.489. The minimum absolute atomic E-state index is 0.0211. The van der Waals surface area contributed by atoms with Crippen LogP contribution in [0.5, 0.6) is 0 Å². The smallest absolute Gasteiger partial charge is 0.269 e. The first-order valence-electron chi connectivity index (χ1n) is 12.0. The molecule has 0 aliphatic carbocycles. The molecule has 3 aromatic rings. The van der Waals surface area contributed by atoms with Crippen molar-refractivity contribution in [2.24, 2.45) is 5.92 Å². The molecule has 0 bridgehead atoms. The molecule has 1 aromatic heterocycles. The first-order chi connectivity index (χ1) is 18.5. The van der Waals surface area contributed by atoms with Crippen LogP contribution in [0.3, 0.4) is 0 Å². The van der Waals surface area contributed by atoms with Crippen LogP contribution in [0.2, 0.25) is 10.0 Å². The molecular weight excluding hydrogens is 563 g/mol. The van der Waals surface area contributed by atoms with Crippen LogP contribution in [0.4, 0.5) is 11.4 Å². The van der Waals surface area contributed by atoms with Crippen molar-refractivity contribution in [3.8, 4) is 0 Å². The van der Waals surface area contributed by atoms with Gasteiger partial charge < -0.3 is 15.2 Å². The molecule has 0 saturated carbocycles. The van der Waals surface area contributed by atoms with E-state index in [0.717, 1.165) is 0 Å². The lowest BCUT2D eigenvalue weighted by molar-refractivity contribution is -0.384. The minimum Gasteiger partial charge on any atom is -0.342 e. The number of aryl methyl sites for hydroxylation is 1. The molecule has 2 N–H and O–H groups in total. The Morgan fingerprint density at radius 1 is 1.21 bits per heavy atom. The number of nitro groups is 1. The molecule has 0 aliphatic heterocycles. The highest BCUT2D eigenvalue weighted by Gasteiger charge is 2.25. The first kappa shape index (κ1) is 30.1. The molecule has 0 spiro atoms. The fraction of sp³-hybridized carbons (Fsp3) is 0.308. The van der Waals surface area contributed by atoms with Crippen LogP contribution in [0, 0.1) is 23.0 Å². The second-order valence-corrected chi connectivity index (χ2v) is 10.9. The average Bonchev–Trinajstić information content (AvgIpc) is 3.25. The fourth-order valence-electron chi connectivity index (χ4n) is 3.79. The summed E-state index contributed by atoms with van der Waals surface area (Å²) in [7, 11) is 0. The molecular formula is C26H28Cl2N6O4S. The summed E-state index contributed by atoms with van der Waals surface area (Å²) in [6, 6.07) is 8.42. The summed E-state index contributed by atoms with van der Waals surface area (Å²) >= 11 is 13.4.